The van der Waals surface area contributed by atoms with E-state index in [9.17, 15) is 9.59 Å². The van der Waals surface area contributed by atoms with Crippen molar-refractivity contribution in [3.05, 3.63) is 84.2 Å². The number of anilines is 1. The smallest absolute Gasteiger partial charge is 0.429 e. The van der Waals surface area contributed by atoms with Crippen molar-refractivity contribution in [2.45, 2.75) is 25.8 Å². The number of rotatable bonds is 13. The van der Waals surface area contributed by atoms with Crippen LogP contribution in [0.4, 0.5) is 10.5 Å². The SMILES string of the molecule is O=C(CNCCOC(=O)N(c1ccccc1-c1ccccc1)N1CCCCC1)c1ccc(CNCCO)cn1. The Balaban J connectivity index is 1.32. The van der Waals surface area contributed by atoms with Crippen molar-refractivity contribution in [3.63, 3.8) is 0 Å². The number of carbonyl (C=O) groups excluding carboxylic acids is 2. The molecule has 0 bridgehead atoms. The van der Waals surface area contributed by atoms with Gasteiger partial charge >= 0.3 is 6.09 Å². The number of pyridine rings is 1. The van der Waals surface area contributed by atoms with Gasteiger partial charge < -0.3 is 20.5 Å². The third-order valence-electron chi connectivity index (χ3n) is 6.52. The summed E-state index contributed by atoms with van der Waals surface area (Å²) in [5.74, 6) is -0.136. The summed E-state index contributed by atoms with van der Waals surface area (Å²) in [6.45, 7) is 3.30. The van der Waals surface area contributed by atoms with Crippen molar-refractivity contribution in [3.8, 4) is 11.1 Å². The summed E-state index contributed by atoms with van der Waals surface area (Å²) in [7, 11) is 0. The summed E-state index contributed by atoms with van der Waals surface area (Å²) >= 11 is 0. The predicted molar refractivity (Wildman–Crippen MR) is 151 cm³/mol. The van der Waals surface area contributed by atoms with Gasteiger partial charge in [0.1, 0.15) is 12.3 Å². The molecule has 1 aliphatic rings. The normalized spacial score (nSPS) is 13.7. The largest absolute Gasteiger partial charge is 0.447 e. The minimum atomic E-state index is -0.430. The van der Waals surface area contributed by atoms with E-state index in [1.807, 2.05) is 60.7 Å². The van der Waals surface area contributed by atoms with Crippen molar-refractivity contribution in [1.29, 1.82) is 0 Å². The molecule has 39 heavy (non-hydrogen) atoms. The van der Waals surface area contributed by atoms with Gasteiger partial charge in [0.25, 0.3) is 0 Å². The number of para-hydroxylation sites is 1. The van der Waals surface area contributed by atoms with Gasteiger partial charge in [0, 0.05) is 44.5 Å². The van der Waals surface area contributed by atoms with Crippen LogP contribution in [0.3, 0.4) is 0 Å². The van der Waals surface area contributed by atoms with Gasteiger partial charge in [-0.2, -0.15) is 0 Å². The van der Waals surface area contributed by atoms with E-state index in [-0.39, 0.29) is 25.5 Å². The number of piperidine rings is 1. The third kappa shape index (κ3) is 8.18. The van der Waals surface area contributed by atoms with E-state index < -0.39 is 6.09 Å². The summed E-state index contributed by atoms with van der Waals surface area (Å²) in [5.41, 5.74) is 4.10. The second-order valence-electron chi connectivity index (χ2n) is 9.38. The summed E-state index contributed by atoms with van der Waals surface area (Å²) in [6.07, 6.45) is 4.42. The Labute approximate surface area is 229 Å². The quantitative estimate of drug-likeness (QED) is 0.227. The molecule has 9 nitrogen and oxygen atoms in total. The number of aliphatic hydroxyl groups excluding tert-OH is 1. The molecule has 2 aromatic carbocycles. The van der Waals surface area contributed by atoms with E-state index in [0.717, 1.165) is 54.7 Å². The van der Waals surface area contributed by atoms with Crippen molar-refractivity contribution in [2.75, 3.05) is 50.9 Å². The van der Waals surface area contributed by atoms with Gasteiger partial charge in [-0.3, -0.25) is 9.78 Å². The maximum Gasteiger partial charge on any atom is 0.429 e. The van der Waals surface area contributed by atoms with Crippen LogP contribution in [-0.2, 0) is 11.3 Å². The first-order chi connectivity index (χ1) is 19.2. The summed E-state index contributed by atoms with van der Waals surface area (Å²) in [4.78, 5) is 30.1. The molecule has 0 spiro atoms. The number of nitrogens with one attached hydrogen (secondary N) is 2. The number of Topliss-reactive ketones (excluding diaryl/α,β-unsaturated/α-hetero) is 1. The second-order valence-corrected chi connectivity index (χ2v) is 9.38. The monoisotopic (exact) mass is 531 g/mol. The number of ether oxygens (including phenoxy) is 1. The lowest BCUT2D eigenvalue weighted by atomic mass is 10.0. The lowest BCUT2D eigenvalue weighted by Gasteiger charge is -2.37. The Bertz CT molecular complexity index is 1180. The Morgan fingerprint density at radius 3 is 2.44 bits per heavy atom. The predicted octanol–water partition coefficient (Wildman–Crippen LogP) is 3.65. The number of aliphatic hydroxyl groups is 1. The molecule has 2 heterocycles. The van der Waals surface area contributed by atoms with E-state index in [2.05, 4.69) is 20.6 Å². The van der Waals surface area contributed by atoms with E-state index in [1.54, 1.807) is 17.3 Å². The minimum absolute atomic E-state index is 0.0717. The highest BCUT2D eigenvalue weighted by Crippen LogP contribution is 2.33. The average Bonchev–Trinajstić information content (AvgIpc) is 2.99. The topological polar surface area (TPSA) is 107 Å². The molecule has 0 unspecified atom stereocenters. The Kier molecular flexibility index (Phi) is 11.0. The number of aromatic nitrogens is 1. The number of hydrazine groups is 1. The van der Waals surface area contributed by atoms with Crippen molar-refractivity contribution in [1.82, 2.24) is 20.6 Å². The lowest BCUT2D eigenvalue weighted by Crippen LogP contribution is -2.50. The van der Waals surface area contributed by atoms with Crippen LogP contribution in [0, 0.1) is 0 Å². The molecule has 0 radical (unpaired) electrons. The molecule has 4 rings (SSSR count). The van der Waals surface area contributed by atoms with Crippen molar-refractivity contribution in [2.24, 2.45) is 0 Å². The first-order valence-electron chi connectivity index (χ1n) is 13.5. The van der Waals surface area contributed by atoms with Crippen molar-refractivity contribution < 1.29 is 19.4 Å². The number of ketones is 1. The number of nitrogens with zero attached hydrogens (tertiary/aromatic N) is 3. The standard InChI is InChI=1S/C30H37N5O4/c36-19-15-31-21-24-13-14-27(33-22-24)29(37)23-32-16-20-39-30(38)35(34-17-7-2-8-18-34)28-12-6-5-11-26(28)25-9-3-1-4-10-25/h1,3-6,9-14,22,31-32,36H,2,7-8,15-21,23H2. The molecular formula is C30H37N5O4. The molecule has 206 valence electrons. The van der Waals surface area contributed by atoms with Crippen molar-refractivity contribution >= 4 is 17.6 Å². The molecule has 3 N–H and O–H groups in total. The maximum absolute atomic E-state index is 13.4. The van der Waals surface area contributed by atoms with Crippen LogP contribution < -0.4 is 15.6 Å². The molecule has 0 saturated carbocycles. The molecule has 0 atom stereocenters. The van der Waals surface area contributed by atoms with Gasteiger partial charge in [-0.1, -0.05) is 61.0 Å². The van der Waals surface area contributed by atoms with Crippen LogP contribution in [-0.4, -0.2) is 72.9 Å². The zero-order chi connectivity index (χ0) is 27.3. The average molecular weight is 532 g/mol. The van der Waals surface area contributed by atoms with E-state index in [1.165, 1.54) is 0 Å². The number of amides is 1. The van der Waals surface area contributed by atoms with Crippen LogP contribution >= 0.6 is 0 Å². The maximum atomic E-state index is 13.4. The lowest BCUT2D eigenvalue weighted by molar-refractivity contribution is 0.0981. The van der Waals surface area contributed by atoms with E-state index >= 15 is 0 Å². The van der Waals surface area contributed by atoms with Gasteiger partial charge in [-0.05, 0) is 36.1 Å². The molecule has 1 aliphatic heterocycles. The summed E-state index contributed by atoms with van der Waals surface area (Å²) < 4.78 is 5.68. The van der Waals surface area contributed by atoms with Gasteiger partial charge in [0.2, 0.25) is 0 Å². The molecular weight excluding hydrogens is 494 g/mol. The molecule has 1 fully saturated rings. The Morgan fingerprint density at radius 1 is 0.923 bits per heavy atom. The zero-order valence-electron chi connectivity index (χ0n) is 22.2. The summed E-state index contributed by atoms with van der Waals surface area (Å²) in [6, 6.07) is 21.5. The van der Waals surface area contributed by atoms with E-state index in [0.29, 0.717) is 25.3 Å². The van der Waals surface area contributed by atoms with Gasteiger partial charge in [-0.25, -0.2) is 14.8 Å². The number of benzene rings is 2. The second kappa shape index (κ2) is 15.1. The van der Waals surface area contributed by atoms with Gasteiger partial charge in [0.05, 0.1) is 18.8 Å². The van der Waals surface area contributed by atoms with Crippen LogP contribution in [0.1, 0.15) is 35.3 Å². The van der Waals surface area contributed by atoms with Crippen LogP contribution in [0.2, 0.25) is 0 Å². The number of hydrogen-bond donors (Lipinski definition) is 3. The molecule has 1 saturated heterocycles. The fourth-order valence-corrected chi connectivity index (χ4v) is 4.53. The van der Waals surface area contributed by atoms with Crippen LogP contribution in [0.25, 0.3) is 11.1 Å². The molecule has 9 heteroatoms. The Hall–Kier alpha value is -3.63. The fraction of sp³-hybridized carbons (Fsp3) is 0.367. The van der Waals surface area contributed by atoms with Gasteiger partial charge in [-0.15, -0.1) is 0 Å². The van der Waals surface area contributed by atoms with E-state index in [4.69, 9.17) is 9.84 Å². The highest BCUT2D eigenvalue weighted by molar-refractivity contribution is 5.96. The minimum Gasteiger partial charge on any atom is -0.447 e. The van der Waals surface area contributed by atoms with Crippen LogP contribution in [0.5, 0.6) is 0 Å². The van der Waals surface area contributed by atoms with Gasteiger partial charge in [0.15, 0.2) is 5.78 Å². The highest BCUT2D eigenvalue weighted by Gasteiger charge is 2.28. The first kappa shape index (κ1) is 28.4. The third-order valence-corrected chi connectivity index (χ3v) is 6.52. The highest BCUT2D eigenvalue weighted by atomic mass is 16.6. The molecule has 3 aromatic rings. The summed E-state index contributed by atoms with van der Waals surface area (Å²) in [5, 5.41) is 18.7. The number of hydrogen-bond acceptors (Lipinski definition) is 8. The molecule has 0 aliphatic carbocycles. The molecule has 1 aromatic heterocycles. The molecule has 1 amide bonds. The number of carbonyl (C=O) groups is 2. The zero-order valence-corrected chi connectivity index (χ0v) is 22.2. The fourth-order valence-electron chi connectivity index (χ4n) is 4.53. The first-order valence-corrected chi connectivity index (χ1v) is 13.5. The Morgan fingerprint density at radius 2 is 1.69 bits per heavy atom. The van der Waals surface area contributed by atoms with Crippen LogP contribution in [0.15, 0.2) is 72.9 Å².